The predicted octanol–water partition coefficient (Wildman–Crippen LogP) is 3.12. The maximum Gasteiger partial charge on any atom is 0.224 e. The summed E-state index contributed by atoms with van der Waals surface area (Å²) in [7, 11) is 3.86. The first-order valence-corrected chi connectivity index (χ1v) is 8.00. The molecule has 0 atom stereocenters. The Kier molecular flexibility index (Phi) is 4.46. The van der Waals surface area contributed by atoms with E-state index in [0.29, 0.717) is 11.5 Å². The quantitative estimate of drug-likeness (QED) is 0.706. The molecule has 0 amide bonds. The lowest BCUT2D eigenvalue weighted by molar-refractivity contribution is 0.112. The monoisotopic (exact) mass is 323 g/mol. The van der Waals surface area contributed by atoms with Crippen LogP contribution in [0.1, 0.15) is 23.7 Å². The molecule has 0 unspecified atom stereocenters. The highest BCUT2D eigenvalue weighted by Crippen LogP contribution is 2.27. The van der Waals surface area contributed by atoms with Gasteiger partial charge in [0.15, 0.2) is 6.29 Å². The second kappa shape index (κ2) is 6.70. The summed E-state index contributed by atoms with van der Waals surface area (Å²) in [6.07, 6.45) is 5.57. The van der Waals surface area contributed by atoms with Gasteiger partial charge in [0.1, 0.15) is 5.82 Å². The molecule has 0 saturated carbocycles. The Morgan fingerprint density at radius 2 is 2.12 bits per heavy atom. The Labute approximate surface area is 141 Å². The number of carbonyl (C=O) groups excluding carboxylic acids is 1. The molecule has 0 saturated heterocycles. The minimum absolute atomic E-state index is 0.596. The molecule has 124 valence electrons. The van der Waals surface area contributed by atoms with Crippen molar-refractivity contribution in [1.29, 1.82) is 0 Å². The predicted molar refractivity (Wildman–Crippen MR) is 97.4 cm³/mol. The molecule has 2 heterocycles. The topological polar surface area (TPSA) is 63.1 Å². The number of aromatic nitrogens is 3. The average molecular weight is 323 g/mol. The van der Waals surface area contributed by atoms with Gasteiger partial charge in [-0.15, -0.1) is 0 Å². The lowest BCUT2D eigenvalue weighted by atomic mass is 10.2. The number of carbonyl (C=O) groups is 1. The van der Waals surface area contributed by atoms with Gasteiger partial charge < -0.3 is 14.8 Å². The number of nitrogens with zero attached hydrogens (tertiary/aromatic N) is 4. The van der Waals surface area contributed by atoms with Gasteiger partial charge in [0.05, 0.1) is 5.52 Å². The number of hydrogen-bond acceptors (Lipinski definition) is 5. The van der Waals surface area contributed by atoms with E-state index in [2.05, 4.69) is 27.1 Å². The SMILES string of the molecule is CCCN(C)c1nc(NC)nc2cc(-n3ccc(C=O)c3)ccc12. The molecule has 0 bridgehead atoms. The zero-order chi connectivity index (χ0) is 17.1. The van der Waals surface area contributed by atoms with Crippen molar-refractivity contribution < 1.29 is 4.79 Å². The lowest BCUT2D eigenvalue weighted by Gasteiger charge is -2.20. The van der Waals surface area contributed by atoms with Crippen LogP contribution in [-0.2, 0) is 0 Å². The maximum atomic E-state index is 10.9. The molecular formula is C18H21N5O. The van der Waals surface area contributed by atoms with Crippen LogP contribution >= 0.6 is 0 Å². The van der Waals surface area contributed by atoms with Gasteiger partial charge in [-0.25, -0.2) is 4.98 Å². The van der Waals surface area contributed by atoms with Crippen LogP contribution in [0.15, 0.2) is 36.7 Å². The molecule has 1 N–H and O–H groups in total. The Balaban J connectivity index is 2.13. The van der Waals surface area contributed by atoms with Crippen molar-refractivity contribution in [3.63, 3.8) is 0 Å². The van der Waals surface area contributed by atoms with Crippen molar-refractivity contribution >= 4 is 29.0 Å². The van der Waals surface area contributed by atoms with E-state index in [1.807, 2.05) is 43.1 Å². The standard InChI is InChI=1S/C18H21N5O/c1-4-8-22(3)17-15-6-5-14(23-9-7-13(11-23)12-24)10-16(15)20-18(19-2)21-17/h5-7,9-12H,4,8H2,1-3H3,(H,19,20,21). The normalized spacial score (nSPS) is 10.8. The number of benzene rings is 1. The van der Waals surface area contributed by atoms with Crippen LogP contribution < -0.4 is 10.2 Å². The number of hydrogen-bond donors (Lipinski definition) is 1. The number of nitrogens with one attached hydrogen (secondary N) is 1. The smallest absolute Gasteiger partial charge is 0.224 e. The third-order valence-electron chi connectivity index (χ3n) is 3.95. The first kappa shape index (κ1) is 16.0. The molecule has 24 heavy (non-hydrogen) atoms. The molecular weight excluding hydrogens is 302 g/mol. The van der Waals surface area contributed by atoms with Crippen molar-refractivity contribution in [1.82, 2.24) is 14.5 Å². The Morgan fingerprint density at radius 1 is 1.29 bits per heavy atom. The summed E-state index contributed by atoms with van der Waals surface area (Å²) in [5.41, 5.74) is 2.48. The van der Waals surface area contributed by atoms with E-state index in [1.54, 1.807) is 12.3 Å². The van der Waals surface area contributed by atoms with Crippen molar-refractivity contribution in [3.05, 3.63) is 42.2 Å². The van der Waals surface area contributed by atoms with Gasteiger partial charge in [-0.3, -0.25) is 4.79 Å². The van der Waals surface area contributed by atoms with Crippen molar-refractivity contribution in [2.24, 2.45) is 0 Å². The number of fused-ring (bicyclic) bond motifs is 1. The summed E-state index contributed by atoms with van der Waals surface area (Å²) in [6, 6.07) is 7.85. The zero-order valence-electron chi connectivity index (χ0n) is 14.2. The van der Waals surface area contributed by atoms with Gasteiger partial charge in [-0.2, -0.15) is 4.98 Å². The summed E-state index contributed by atoms with van der Waals surface area (Å²) in [6.45, 7) is 3.07. The summed E-state index contributed by atoms with van der Waals surface area (Å²) in [5, 5.41) is 4.04. The Morgan fingerprint density at radius 3 is 2.79 bits per heavy atom. The van der Waals surface area contributed by atoms with E-state index in [0.717, 1.165) is 41.7 Å². The zero-order valence-corrected chi connectivity index (χ0v) is 14.2. The number of anilines is 2. The molecule has 6 nitrogen and oxygen atoms in total. The molecule has 0 radical (unpaired) electrons. The molecule has 0 aliphatic rings. The molecule has 3 rings (SSSR count). The molecule has 0 spiro atoms. The highest BCUT2D eigenvalue weighted by molar-refractivity contribution is 5.91. The van der Waals surface area contributed by atoms with E-state index in [9.17, 15) is 4.79 Å². The van der Waals surface area contributed by atoms with Crippen LogP contribution in [0.4, 0.5) is 11.8 Å². The van der Waals surface area contributed by atoms with E-state index in [1.165, 1.54) is 0 Å². The molecule has 0 aliphatic carbocycles. The van der Waals surface area contributed by atoms with Gasteiger partial charge in [-0.05, 0) is 30.7 Å². The fourth-order valence-electron chi connectivity index (χ4n) is 2.75. The van der Waals surface area contributed by atoms with E-state index < -0.39 is 0 Å². The van der Waals surface area contributed by atoms with Crippen molar-refractivity contribution in [2.45, 2.75) is 13.3 Å². The van der Waals surface area contributed by atoms with E-state index in [4.69, 9.17) is 0 Å². The minimum atomic E-state index is 0.596. The number of aldehydes is 1. The molecule has 6 heteroatoms. The van der Waals surface area contributed by atoms with Gasteiger partial charge in [0.25, 0.3) is 0 Å². The third-order valence-corrected chi connectivity index (χ3v) is 3.95. The first-order chi connectivity index (χ1) is 11.7. The summed E-state index contributed by atoms with van der Waals surface area (Å²) in [4.78, 5) is 22.2. The van der Waals surface area contributed by atoms with Crippen LogP contribution in [0.3, 0.4) is 0 Å². The molecule has 2 aromatic heterocycles. The molecule has 0 aliphatic heterocycles. The highest BCUT2D eigenvalue weighted by atomic mass is 16.1. The molecule has 3 aromatic rings. The van der Waals surface area contributed by atoms with E-state index in [-0.39, 0.29) is 0 Å². The van der Waals surface area contributed by atoms with E-state index >= 15 is 0 Å². The maximum absolute atomic E-state index is 10.9. The third kappa shape index (κ3) is 2.95. The summed E-state index contributed by atoms with van der Waals surface area (Å²) < 4.78 is 1.92. The number of rotatable bonds is 6. The van der Waals surface area contributed by atoms with Gasteiger partial charge in [-0.1, -0.05) is 6.92 Å². The van der Waals surface area contributed by atoms with Gasteiger partial charge in [0, 0.05) is 49.7 Å². The van der Waals surface area contributed by atoms with Crippen molar-refractivity contribution in [2.75, 3.05) is 30.9 Å². The van der Waals surface area contributed by atoms with Crippen LogP contribution in [0, 0.1) is 0 Å². The fourth-order valence-corrected chi connectivity index (χ4v) is 2.75. The molecule has 1 aromatic carbocycles. The van der Waals surface area contributed by atoms with Gasteiger partial charge in [0.2, 0.25) is 5.95 Å². The second-order valence-electron chi connectivity index (χ2n) is 5.71. The van der Waals surface area contributed by atoms with Crippen LogP contribution in [0.25, 0.3) is 16.6 Å². The van der Waals surface area contributed by atoms with Crippen LogP contribution in [-0.4, -0.2) is 41.5 Å². The Hall–Kier alpha value is -2.89. The first-order valence-electron chi connectivity index (χ1n) is 8.00. The van der Waals surface area contributed by atoms with Crippen LogP contribution in [0.5, 0.6) is 0 Å². The second-order valence-corrected chi connectivity index (χ2v) is 5.71. The van der Waals surface area contributed by atoms with Crippen LogP contribution in [0.2, 0.25) is 0 Å². The molecule has 0 fully saturated rings. The Bertz CT molecular complexity index is 871. The highest BCUT2D eigenvalue weighted by Gasteiger charge is 2.12. The average Bonchev–Trinajstić information content (AvgIpc) is 3.09. The summed E-state index contributed by atoms with van der Waals surface area (Å²) in [5.74, 6) is 1.51. The van der Waals surface area contributed by atoms with Crippen molar-refractivity contribution in [3.8, 4) is 5.69 Å². The fraction of sp³-hybridized carbons (Fsp3) is 0.278. The lowest BCUT2D eigenvalue weighted by Crippen LogP contribution is -2.20. The summed E-state index contributed by atoms with van der Waals surface area (Å²) >= 11 is 0. The largest absolute Gasteiger partial charge is 0.359 e. The van der Waals surface area contributed by atoms with Gasteiger partial charge >= 0.3 is 0 Å². The minimum Gasteiger partial charge on any atom is -0.359 e.